The highest BCUT2D eigenvalue weighted by Gasteiger charge is 2.28. The number of aliphatic hydroxyl groups is 1. The van der Waals surface area contributed by atoms with Crippen LogP contribution in [0.2, 0.25) is 0 Å². The van der Waals surface area contributed by atoms with Crippen LogP contribution in [0.5, 0.6) is 5.75 Å². The minimum atomic E-state index is -0.408. The van der Waals surface area contributed by atoms with Gasteiger partial charge in [0, 0.05) is 12.0 Å². The molecule has 1 aliphatic rings. The Labute approximate surface area is 90.3 Å². The topological polar surface area (TPSA) is 32.7 Å². The molecule has 1 aromatic carbocycles. The lowest BCUT2D eigenvalue weighted by Gasteiger charge is -2.34. The van der Waals surface area contributed by atoms with Gasteiger partial charge in [-0.25, -0.2) is 0 Å². The molecular formula is C12H17NO2. The summed E-state index contributed by atoms with van der Waals surface area (Å²) in [6.45, 7) is 3.00. The zero-order chi connectivity index (χ0) is 10.8. The first-order chi connectivity index (χ1) is 7.22. The van der Waals surface area contributed by atoms with Crippen LogP contribution in [0.25, 0.3) is 0 Å². The van der Waals surface area contributed by atoms with Gasteiger partial charge in [0.25, 0.3) is 0 Å². The number of ether oxygens (including phenoxy) is 1. The number of hydrogen-bond acceptors (Lipinski definition) is 3. The van der Waals surface area contributed by atoms with Crippen LogP contribution < -0.4 is 4.74 Å². The highest BCUT2D eigenvalue weighted by Crippen LogP contribution is 2.34. The van der Waals surface area contributed by atoms with Crippen molar-refractivity contribution in [2.24, 2.45) is 0 Å². The summed E-state index contributed by atoms with van der Waals surface area (Å²) in [4.78, 5) is 2.10. The molecule has 0 spiro atoms. The van der Waals surface area contributed by atoms with E-state index in [1.165, 1.54) is 0 Å². The standard InChI is InChI=1S/C12H17NO2/c1-3-13(2)12-8-10(14)9-6-4-5-7-11(9)15-12/h4-7,10,12,14H,3,8H2,1-2H3. The van der Waals surface area contributed by atoms with Crippen molar-refractivity contribution in [1.29, 1.82) is 0 Å². The Kier molecular flexibility index (Phi) is 2.93. The fourth-order valence-electron chi connectivity index (χ4n) is 1.85. The molecule has 2 atom stereocenters. The molecule has 15 heavy (non-hydrogen) atoms. The van der Waals surface area contributed by atoms with E-state index in [2.05, 4.69) is 11.8 Å². The molecule has 1 heterocycles. The Balaban J connectivity index is 2.22. The smallest absolute Gasteiger partial charge is 0.155 e. The lowest BCUT2D eigenvalue weighted by atomic mass is 10.0. The zero-order valence-electron chi connectivity index (χ0n) is 9.18. The molecule has 1 aliphatic heterocycles. The molecule has 82 valence electrons. The van der Waals surface area contributed by atoms with E-state index in [1.54, 1.807) is 0 Å². The van der Waals surface area contributed by atoms with Gasteiger partial charge >= 0.3 is 0 Å². The lowest BCUT2D eigenvalue weighted by molar-refractivity contribution is -0.0173. The number of aliphatic hydroxyl groups excluding tert-OH is 1. The summed E-state index contributed by atoms with van der Waals surface area (Å²) >= 11 is 0. The zero-order valence-corrected chi connectivity index (χ0v) is 9.18. The van der Waals surface area contributed by atoms with Gasteiger partial charge in [-0.15, -0.1) is 0 Å². The predicted octanol–water partition coefficient (Wildman–Crippen LogP) is 1.78. The second-order valence-corrected chi connectivity index (χ2v) is 3.94. The summed E-state index contributed by atoms with van der Waals surface area (Å²) in [6.07, 6.45) is 0.218. The number of rotatable bonds is 2. The maximum Gasteiger partial charge on any atom is 0.155 e. The molecule has 0 bridgehead atoms. The van der Waals surface area contributed by atoms with Crippen LogP contribution in [-0.4, -0.2) is 29.8 Å². The van der Waals surface area contributed by atoms with Gasteiger partial charge in [0.15, 0.2) is 6.23 Å². The van der Waals surface area contributed by atoms with E-state index in [4.69, 9.17) is 4.74 Å². The fraction of sp³-hybridized carbons (Fsp3) is 0.500. The van der Waals surface area contributed by atoms with Crippen molar-refractivity contribution >= 4 is 0 Å². The Bertz CT molecular complexity index is 340. The number of fused-ring (bicyclic) bond motifs is 1. The van der Waals surface area contributed by atoms with E-state index in [1.807, 2.05) is 31.3 Å². The Hall–Kier alpha value is -1.06. The van der Waals surface area contributed by atoms with E-state index in [0.29, 0.717) is 6.42 Å². The molecule has 2 rings (SSSR count). The molecule has 3 nitrogen and oxygen atoms in total. The van der Waals surface area contributed by atoms with Crippen LogP contribution >= 0.6 is 0 Å². The summed E-state index contributed by atoms with van der Waals surface area (Å²) in [5.74, 6) is 0.807. The van der Waals surface area contributed by atoms with Gasteiger partial charge in [-0.1, -0.05) is 25.1 Å². The average molecular weight is 207 g/mol. The molecule has 0 saturated carbocycles. The summed E-state index contributed by atoms with van der Waals surface area (Å²) in [6, 6.07) is 7.69. The molecule has 0 radical (unpaired) electrons. The first kappa shape index (κ1) is 10.5. The molecule has 0 saturated heterocycles. The summed E-state index contributed by atoms with van der Waals surface area (Å²) in [5, 5.41) is 9.97. The van der Waals surface area contributed by atoms with Crippen molar-refractivity contribution in [2.75, 3.05) is 13.6 Å². The summed E-state index contributed by atoms with van der Waals surface area (Å²) in [5.41, 5.74) is 0.901. The normalized spacial score (nSPS) is 24.8. The minimum absolute atomic E-state index is 0.0140. The lowest BCUT2D eigenvalue weighted by Crippen LogP contribution is -2.40. The average Bonchev–Trinajstić information content (AvgIpc) is 2.28. The minimum Gasteiger partial charge on any atom is -0.475 e. The van der Waals surface area contributed by atoms with Gasteiger partial charge in [0.05, 0.1) is 6.10 Å². The van der Waals surface area contributed by atoms with Gasteiger partial charge in [-0.05, 0) is 19.7 Å². The van der Waals surface area contributed by atoms with Crippen molar-refractivity contribution in [1.82, 2.24) is 4.90 Å². The Morgan fingerprint density at radius 1 is 1.47 bits per heavy atom. The molecular weight excluding hydrogens is 190 g/mol. The summed E-state index contributed by atoms with van der Waals surface area (Å²) < 4.78 is 5.82. The predicted molar refractivity (Wildman–Crippen MR) is 58.7 cm³/mol. The third-order valence-electron chi connectivity index (χ3n) is 2.96. The van der Waals surface area contributed by atoms with Crippen molar-refractivity contribution in [2.45, 2.75) is 25.7 Å². The second kappa shape index (κ2) is 4.21. The third-order valence-corrected chi connectivity index (χ3v) is 2.96. The largest absolute Gasteiger partial charge is 0.475 e. The van der Waals surface area contributed by atoms with E-state index in [-0.39, 0.29) is 6.23 Å². The van der Waals surface area contributed by atoms with E-state index in [9.17, 15) is 5.11 Å². The van der Waals surface area contributed by atoms with E-state index < -0.39 is 6.10 Å². The number of para-hydroxylation sites is 1. The second-order valence-electron chi connectivity index (χ2n) is 3.94. The van der Waals surface area contributed by atoms with Crippen LogP contribution in [0.1, 0.15) is 25.0 Å². The van der Waals surface area contributed by atoms with Crippen molar-refractivity contribution < 1.29 is 9.84 Å². The maximum atomic E-state index is 9.97. The first-order valence-electron chi connectivity index (χ1n) is 5.36. The highest BCUT2D eigenvalue weighted by atomic mass is 16.5. The quantitative estimate of drug-likeness (QED) is 0.802. The Morgan fingerprint density at radius 2 is 2.20 bits per heavy atom. The van der Waals surface area contributed by atoms with Crippen molar-refractivity contribution in [3.8, 4) is 5.75 Å². The van der Waals surface area contributed by atoms with Gasteiger partial charge in [-0.3, -0.25) is 4.90 Å². The van der Waals surface area contributed by atoms with Crippen LogP contribution in [0, 0.1) is 0 Å². The number of benzene rings is 1. The van der Waals surface area contributed by atoms with E-state index >= 15 is 0 Å². The third kappa shape index (κ3) is 1.98. The number of nitrogens with zero attached hydrogens (tertiary/aromatic N) is 1. The van der Waals surface area contributed by atoms with Crippen LogP contribution in [-0.2, 0) is 0 Å². The molecule has 0 amide bonds. The monoisotopic (exact) mass is 207 g/mol. The van der Waals surface area contributed by atoms with Gasteiger partial charge in [0.2, 0.25) is 0 Å². The molecule has 1 aromatic rings. The van der Waals surface area contributed by atoms with Gasteiger partial charge in [-0.2, -0.15) is 0 Å². The number of hydrogen-bond donors (Lipinski definition) is 1. The molecule has 0 aromatic heterocycles. The SMILES string of the molecule is CCN(C)C1CC(O)c2ccccc2O1. The molecule has 3 heteroatoms. The van der Waals surface area contributed by atoms with Gasteiger partial charge < -0.3 is 9.84 Å². The van der Waals surface area contributed by atoms with Crippen LogP contribution in [0.3, 0.4) is 0 Å². The van der Waals surface area contributed by atoms with Gasteiger partial charge in [0.1, 0.15) is 5.75 Å². The Morgan fingerprint density at radius 3 is 2.93 bits per heavy atom. The van der Waals surface area contributed by atoms with Crippen LogP contribution in [0.15, 0.2) is 24.3 Å². The van der Waals surface area contributed by atoms with Crippen LogP contribution in [0.4, 0.5) is 0 Å². The fourth-order valence-corrected chi connectivity index (χ4v) is 1.85. The van der Waals surface area contributed by atoms with Crippen molar-refractivity contribution in [3.05, 3.63) is 29.8 Å². The molecule has 2 unspecified atom stereocenters. The summed E-state index contributed by atoms with van der Waals surface area (Å²) in [7, 11) is 2.01. The first-order valence-corrected chi connectivity index (χ1v) is 5.36. The molecule has 1 N–H and O–H groups in total. The maximum absolute atomic E-state index is 9.97. The highest BCUT2D eigenvalue weighted by molar-refractivity contribution is 5.36. The van der Waals surface area contributed by atoms with E-state index in [0.717, 1.165) is 17.9 Å². The molecule has 0 aliphatic carbocycles. The molecule has 0 fully saturated rings. The van der Waals surface area contributed by atoms with Crippen molar-refractivity contribution in [3.63, 3.8) is 0 Å².